The van der Waals surface area contributed by atoms with Crippen molar-refractivity contribution in [2.24, 2.45) is 0 Å². The highest BCUT2D eigenvalue weighted by Crippen LogP contribution is 2.25. The van der Waals surface area contributed by atoms with Gasteiger partial charge in [0, 0.05) is 19.0 Å². The van der Waals surface area contributed by atoms with Crippen molar-refractivity contribution in [2.75, 3.05) is 26.2 Å². The molecular formula is C34H44N4O4. The molecule has 0 radical (unpaired) electrons. The zero-order chi connectivity index (χ0) is 30.0. The number of aromatic amines is 1. The van der Waals surface area contributed by atoms with Crippen LogP contribution in [0.2, 0.25) is 0 Å². The Kier molecular flexibility index (Phi) is 10.8. The summed E-state index contributed by atoms with van der Waals surface area (Å²) in [5.74, 6) is 2.23. The highest BCUT2D eigenvalue weighted by Gasteiger charge is 2.23. The Morgan fingerprint density at radius 3 is 2.33 bits per heavy atom. The number of imidazole rings is 1. The second-order valence-corrected chi connectivity index (χ2v) is 11.4. The molecule has 8 heteroatoms. The number of fused-ring (bicyclic) bond motifs is 1. The van der Waals surface area contributed by atoms with E-state index in [4.69, 9.17) is 19.2 Å². The van der Waals surface area contributed by atoms with Crippen LogP contribution in [0.1, 0.15) is 64.0 Å². The van der Waals surface area contributed by atoms with E-state index in [1.807, 2.05) is 93.6 Å². The SMILES string of the molecule is CCN(CC)CCCOc1ccc2nc([C@@H](Cc3ccc(OCc4ccccc4)cc3)NC(=O)OC(C)(C)C)[nH]c2c1. The van der Waals surface area contributed by atoms with Crippen LogP contribution in [0.25, 0.3) is 11.0 Å². The van der Waals surface area contributed by atoms with Crippen molar-refractivity contribution in [1.82, 2.24) is 20.2 Å². The number of amides is 1. The van der Waals surface area contributed by atoms with Gasteiger partial charge in [0.2, 0.25) is 0 Å². The summed E-state index contributed by atoms with van der Waals surface area (Å²) in [5.41, 5.74) is 3.19. The fourth-order valence-corrected chi connectivity index (χ4v) is 4.65. The summed E-state index contributed by atoms with van der Waals surface area (Å²) in [6.45, 7) is 14.2. The lowest BCUT2D eigenvalue weighted by Gasteiger charge is -2.23. The Bertz CT molecular complexity index is 1390. The van der Waals surface area contributed by atoms with Crippen LogP contribution in [0.3, 0.4) is 0 Å². The first-order valence-corrected chi connectivity index (χ1v) is 14.8. The van der Waals surface area contributed by atoms with Gasteiger partial charge in [0.25, 0.3) is 0 Å². The third kappa shape index (κ3) is 9.52. The van der Waals surface area contributed by atoms with Crippen LogP contribution in [0.4, 0.5) is 4.79 Å². The average Bonchev–Trinajstić information content (AvgIpc) is 3.40. The molecule has 1 atom stereocenters. The summed E-state index contributed by atoms with van der Waals surface area (Å²) < 4.78 is 17.5. The second-order valence-electron chi connectivity index (χ2n) is 11.4. The molecule has 0 spiro atoms. The van der Waals surface area contributed by atoms with Gasteiger partial charge in [-0.1, -0.05) is 56.3 Å². The Hall–Kier alpha value is -4.04. The highest BCUT2D eigenvalue weighted by molar-refractivity contribution is 5.77. The quantitative estimate of drug-likeness (QED) is 0.157. The Morgan fingerprint density at radius 2 is 1.64 bits per heavy atom. The minimum absolute atomic E-state index is 0.429. The number of ether oxygens (including phenoxy) is 3. The van der Waals surface area contributed by atoms with Crippen molar-refractivity contribution in [3.8, 4) is 11.5 Å². The molecule has 224 valence electrons. The molecule has 8 nitrogen and oxygen atoms in total. The number of rotatable bonds is 14. The molecule has 0 fully saturated rings. The maximum atomic E-state index is 12.8. The molecular weight excluding hydrogens is 528 g/mol. The van der Waals surface area contributed by atoms with Gasteiger partial charge >= 0.3 is 6.09 Å². The molecule has 0 saturated heterocycles. The molecule has 1 aromatic heterocycles. The first-order chi connectivity index (χ1) is 20.2. The van der Waals surface area contributed by atoms with E-state index in [1.54, 1.807) is 0 Å². The lowest BCUT2D eigenvalue weighted by Crippen LogP contribution is -2.36. The van der Waals surface area contributed by atoms with E-state index in [-0.39, 0.29) is 0 Å². The number of hydrogen-bond donors (Lipinski definition) is 2. The summed E-state index contributed by atoms with van der Waals surface area (Å²) in [5, 5.41) is 3.02. The van der Waals surface area contributed by atoms with E-state index in [9.17, 15) is 4.79 Å². The zero-order valence-electron chi connectivity index (χ0n) is 25.5. The van der Waals surface area contributed by atoms with Crippen LogP contribution < -0.4 is 14.8 Å². The molecule has 0 unspecified atom stereocenters. The maximum Gasteiger partial charge on any atom is 0.408 e. The summed E-state index contributed by atoms with van der Waals surface area (Å²) in [6.07, 6.45) is 0.992. The molecule has 1 amide bonds. The number of nitrogens with zero attached hydrogens (tertiary/aromatic N) is 2. The molecule has 42 heavy (non-hydrogen) atoms. The number of alkyl carbamates (subject to hydrolysis) is 1. The van der Waals surface area contributed by atoms with E-state index in [1.165, 1.54) is 0 Å². The number of H-pyrrole nitrogens is 1. The normalized spacial score (nSPS) is 12.3. The van der Waals surface area contributed by atoms with Crippen LogP contribution >= 0.6 is 0 Å². The molecule has 4 aromatic rings. The van der Waals surface area contributed by atoms with Crippen LogP contribution in [0.5, 0.6) is 11.5 Å². The van der Waals surface area contributed by atoms with E-state index >= 15 is 0 Å². The molecule has 0 aliphatic heterocycles. The Balaban J connectivity index is 1.45. The van der Waals surface area contributed by atoms with Gasteiger partial charge in [-0.05, 0) is 75.7 Å². The maximum absolute atomic E-state index is 12.8. The van der Waals surface area contributed by atoms with E-state index < -0.39 is 17.7 Å². The Labute approximate surface area is 249 Å². The molecule has 1 heterocycles. The predicted octanol–water partition coefficient (Wildman–Crippen LogP) is 7.06. The van der Waals surface area contributed by atoms with E-state index in [0.717, 1.165) is 59.7 Å². The third-order valence-corrected chi connectivity index (χ3v) is 6.89. The largest absolute Gasteiger partial charge is 0.493 e. The second kappa shape index (κ2) is 14.7. The van der Waals surface area contributed by atoms with Gasteiger partial charge in [0.1, 0.15) is 29.5 Å². The van der Waals surface area contributed by atoms with Crippen molar-refractivity contribution in [1.29, 1.82) is 0 Å². The summed E-state index contributed by atoms with van der Waals surface area (Å²) in [4.78, 5) is 23.4. The van der Waals surface area contributed by atoms with Crippen molar-refractivity contribution < 1.29 is 19.0 Å². The monoisotopic (exact) mass is 572 g/mol. The highest BCUT2D eigenvalue weighted by atomic mass is 16.6. The van der Waals surface area contributed by atoms with Crippen LogP contribution in [0.15, 0.2) is 72.8 Å². The van der Waals surface area contributed by atoms with Crippen molar-refractivity contribution >= 4 is 17.1 Å². The number of carbonyl (C=O) groups is 1. The lowest BCUT2D eigenvalue weighted by atomic mass is 10.1. The molecule has 3 aromatic carbocycles. The minimum atomic E-state index is -0.613. The first-order valence-electron chi connectivity index (χ1n) is 14.8. The predicted molar refractivity (Wildman–Crippen MR) is 167 cm³/mol. The van der Waals surface area contributed by atoms with Crippen molar-refractivity contribution in [2.45, 2.75) is 65.7 Å². The average molecular weight is 573 g/mol. The number of hydrogen-bond acceptors (Lipinski definition) is 6. The fourth-order valence-electron chi connectivity index (χ4n) is 4.65. The number of carbonyl (C=O) groups excluding carboxylic acids is 1. The number of benzene rings is 3. The van der Waals surface area contributed by atoms with Gasteiger partial charge in [-0.25, -0.2) is 9.78 Å². The number of aromatic nitrogens is 2. The zero-order valence-corrected chi connectivity index (χ0v) is 25.5. The smallest absolute Gasteiger partial charge is 0.408 e. The van der Waals surface area contributed by atoms with Gasteiger partial charge in [-0.15, -0.1) is 0 Å². The van der Waals surface area contributed by atoms with Crippen LogP contribution in [0, 0.1) is 0 Å². The molecule has 2 N–H and O–H groups in total. The molecule has 0 aliphatic carbocycles. The van der Waals surface area contributed by atoms with Gasteiger partial charge in [-0.2, -0.15) is 0 Å². The molecule has 0 bridgehead atoms. The standard InChI is InChI=1S/C34H44N4O4/c1-6-38(7-2)20-11-21-40-28-18-19-29-30(23-28)36-32(35-29)31(37-33(39)42-34(3,4)5)22-25-14-16-27(17-15-25)41-24-26-12-9-8-10-13-26/h8-10,12-19,23,31H,6-7,11,20-22,24H2,1-5H3,(H,35,36)(H,37,39)/t31-/m1/s1. The molecule has 4 rings (SSSR count). The summed E-state index contributed by atoms with van der Waals surface area (Å²) >= 11 is 0. The van der Waals surface area contributed by atoms with Gasteiger partial charge in [0.05, 0.1) is 23.7 Å². The third-order valence-electron chi connectivity index (χ3n) is 6.89. The minimum Gasteiger partial charge on any atom is -0.493 e. The first kappa shape index (κ1) is 30.9. The van der Waals surface area contributed by atoms with Crippen LogP contribution in [-0.2, 0) is 17.8 Å². The molecule has 0 aliphatic rings. The Morgan fingerprint density at radius 1 is 0.929 bits per heavy atom. The van der Waals surface area contributed by atoms with Crippen molar-refractivity contribution in [3.63, 3.8) is 0 Å². The van der Waals surface area contributed by atoms with Gasteiger partial charge in [0.15, 0.2) is 0 Å². The number of nitrogens with one attached hydrogen (secondary N) is 2. The topological polar surface area (TPSA) is 88.7 Å². The molecule has 0 saturated carbocycles. The van der Waals surface area contributed by atoms with E-state index in [0.29, 0.717) is 25.5 Å². The van der Waals surface area contributed by atoms with E-state index in [2.05, 4.69) is 29.0 Å². The lowest BCUT2D eigenvalue weighted by molar-refractivity contribution is 0.0501. The van der Waals surface area contributed by atoms with Gasteiger partial charge < -0.3 is 29.4 Å². The summed E-state index contributed by atoms with van der Waals surface area (Å²) in [6, 6.07) is 23.4. The van der Waals surface area contributed by atoms with Crippen LogP contribution in [-0.4, -0.2) is 52.8 Å². The van der Waals surface area contributed by atoms with Crippen molar-refractivity contribution in [3.05, 3.63) is 89.7 Å². The fraction of sp³-hybridized carbons (Fsp3) is 0.412. The van der Waals surface area contributed by atoms with Gasteiger partial charge in [-0.3, -0.25) is 0 Å². The summed E-state index contributed by atoms with van der Waals surface area (Å²) in [7, 11) is 0.